The number of aryl methyl sites for hydroxylation is 1. The highest BCUT2D eigenvalue weighted by atomic mass is 35.5. The van der Waals surface area contributed by atoms with E-state index in [9.17, 15) is 14.3 Å². The van der Waals surface area contributed by atoms with Crippen LogP contribution in [0, 0.1) is 12.7 Å². The first-order valence-electron chi connectivity index (χ1n) is 6.17. The van der Waals surface area contributed by atoms with Crippen molar-refractivity contribution in [1.82, 2.24) is 0 Å². The lowest BCUT2D eigenvalue weighted by Crippen LogP contribution is -2.39. The van der Waals surface area contributed by atoms with Gasteiger partial charge in [0.25, 0.3) is 0 Å². The van der Waals surface area contributed by atoms with E-state index in [1.165, 1.54) is 0 Å². The Morgan fingerprint density at radius 3 is 2.50 bits per heavy atom. The van der Waals surface area contributed by atoms with Crippen LogP contribution in [-0.2, 0) is 10.2 Å². The largest absolute Gasteiger partial charge is 0.481 e. The molecular formula is C14H16ClFO2. The average Bonchev–Trinajstić information content (AvgIpc) is 2.35. The Bertz CT molecular complexity index is 479. The Labute approximate surface area is 111 Å². The summed E-state index contributed by atoms with van der Waals surface area (Å²) >= 11 is 6.07. The molecule has 0 atom stereocenters. The maximum Gasteiger partial charge on any atom is 0.314 e. The zero-order valence-corrected chi connectivity index (χ0v) is 11.1. The molecule has 0 aliphatic heterocycles. The van der Waals surface area contributed by atoms with Crippen LogP contribution in [0.25, 0.3) is 0 Å². The molecule has 0 amide bonds. The van der Waals surface area contributed by atoms with Crippen molar-refractivity contribution in [2.75, 3.05) is 0 Å². The lowest BCUT2D eigenvalue weighted by Gasteiger charge is -2.34. The van der Waals surface area contributed by atoms with E-state index in [1.54, 1.807) is 19.1 Å². The first kappa shape index (κ1) is 13.3. The molecule has 2 nitrogen and oxygen atoms in total. The van der Waals surface area contributed by atoms with Gasteiger partial charge in [0, 0.05) is 10.6 Å². The van der Waals surface area contributed by atoms with Crippen LogP contribution >= 0.6 is 11.6 Å². The summed E-state index contributed by atoms with van der Waals surface area (Å²) in [5.74, 6) is -1.43. The molecule has 98 valence electrons. The molecule has 0 spiro atoms. The quantitative estimate of drug-likeness (QED) is 0.879. The molecule has 0 heterocycles. The molecule has 1 N–H and O–H groups in total. The summed E-state index contributed by atoms with van der Waals surface area (Å²) in [4.78, 5) is 11.7. The third-order valence-corrected chi connectivity index (χ3v) is 4.19. The maximum atomic E-state index is 14.3. The molecule has 4 heteroatoms. The van der Waals surface area contributed by atoms with Crippen LogP contribution in [0.2, 0.25) is 5.02 Å². The second kappa shape index (κ2) is 4.88. The first-order valence-corrected chi connectivity index (χ1v) is 6.55. The Kier molecular flexibility index (Phi) is 3.62. The molecule has 1 aliphatic carbocycles. The van der Waals surface area contributed by atoms with Crippen molar-refractivity contribution >= 4 is 17.6 Å². The van der Waals surface area contributed by atoms with Gasteiger partial charge in [0.1, 0.15) is 5.82 Å². The number of carboxylic acid groups (broad SMARTS) is 1. The highest BCUT2D eigenvalue weighted by molar-refractivity contribution is 6.31. The van der Waals surface area contributed by atoms with E-state index in [4.69, 9.17) is 11.6 Å². The zero-order valence-electron chi connectivity index (χ0n) is 10.3. The Morgan fingerprint density at radius 1 is 1.33 bits per heavy atom. The van der Waals surface area contributed by atoms with Gasteiger partial charge in [-0.15, -0.1) is 0 Å². The standard InChI is InChI=1S/C14H16ClFO2/c1-9-5-6-10(15)11(12(9)16)14(13(17)18)7-3-2-4-8-14/h5-6H,2-4,7-8H2,1H3,(H,17,18). The van der Waals surface area contributed by atoms with Gasteiger partial charge in [-0.2, -0.15) is 0 Å². The minimum Gasteiger partial charge on any atom is -0.481 e. The average molecular weight is 271 g/mol. The van der Waals surface area contributed by atoms with Crippen LogP contribution in [0.3, 0.4) is 0 Å². The van der Waals surface area contributed by atoms with Crippen LogP contribution in [0.4, 0.5) is 4.39 Å². The van der Waals surface area contributed by atoms with E-state index in [-0.39, 0.29) is 10.6 Å². The molecule has 0 saturated heterocycles. The van der Waals surface area contributed by atoms with Gasteiger partial charge in [-0.3, -0.25) is 4.79 Å². The van der Waals surface area contributed by atoms with Gasteiger partial charge in [0.2, 0.25) is 0 Å². The van der Waals surface area contributed by atoms with Crippen LogP contribution in [-0.4, -0.2) is 11.1 Å². The molecule has 1 fully saturated rings. The normalized spacial score (nSPS) is 18.6. The summed E-state index contributed by atoms with van der Waals surface area (Å²) in [5, 5.41) is 9.78. The highest BCUT2D eigenvalue weighted by Crippen LogP contribution is 2.44. The van der Waals surface area contributed by atoms with Crippen molar-refractivity contribution in [3.8, 4) is 0 Å². The number of rotatable bonds is 2. The molecule has 0 radical (unpaired) electrons. The number of carboxylic acids is 1. The smallest absolute Gasteiger partial charge is 0.314 e. The summed E-state index contributed by atoms with van der Waals surface area (Å²) in [5.41, 5.74) is -0.525. The van der Waals surface area contributed by atoms with Gasteiger partial charge in [0.05, 0.1) is 5.41 Å². The van der Waals surface area contributed by atoms with Gasteiger partial charge in [-0.25, -0.2) is 4.39 Å². The number of hydrogen-bond donors (Lipinski definition) is 1. The Balaban J connectivity index is 2.63. The molecule has 18 heavy (non-hydrogen) atoms. The highest BCUT2D eigenvalue weighted by Gasteiger charge is 2.44. The maximum absolute atomic E-state index is 14.3. The molecule has 1 aliphatic rings. The third kappa shape index (κ3) is 2.01. The molecular weight excluding hydrogens is 255 g/mol. The summed E-state index contributed by atoms with van der Waals surface area (Å²) in [7, 11) is 0. The van der Waals surface area contributed by atoms with Gasteiger partial charge in [-0.1, -0.05) is 36.9 Å². The Hall–Kier alpha value is -1.09. The van der Waals surface area contributed by atoms with Gasteiger partial charge in [-0.05, 0) is 31.4 Å². The van der Waals surface area contributed by atoms with Crippen LogP contribution in [0.5, 0.6) is 0 Å². The second-order valence-electron chi connectivity index (χ2n) is 5.00. The van der Waals surface area contributed by atoms with Crippen molar-refractivity contribution in [1.29, 1.82) is 0 Å². The van der Waals surface area contributed by atoms with E-state index in [1.807, 2.05) is 0 Å². The second-order valence-corrected chi connectivity index (χ2v) is 5.41. The monoisotopic (exact) mass is 270 g/mol. The number of carbonyl (C=O) groups is 1. The zero-order chi connectivity index (χ0) is 13.3. The fourth-order valence-corrected chi connectivity index (χ4v) is 3.15. The van der Waals surface area contributed by atoms with Crippen LogP contribution < -0.4 is 0 Å². The topological polar surface area (TPSA) is 37.3 Å². The third-order valence-electron chi connectivity index (χ3n) is 3.88. The first-order chi connectivity index (χ1) is 8.49. The molecule has 1 saturated carbocycles. The molecule has 0 bridgehead atoms. The van der Waals surface area contributed by atoms with Gasteiger partial charge >= 0.3 is 5.97 Å². The van der Waals surface area contributed by atoms with E-state index < -0.39 is 17.2 Å². The van der Waals surface area contributed by atoms with Crippen LogP contribution in [0.15, 0.2) is 12.1 Å². The molecule has 1 aromatic carbocycles. The lowest BCUT2D eigenvalue weighted by atomic mass is 9.69. The van der Waals surface area contributed by atoms with E-state index in [2.05, 4.69) is 0 Å². The number of halogens is 2. The predicted octanol–water partition coefficient (Wildman–Crippen LogP) is 4.07. The number of benzene rings is 1. The summed E-state index contributed by atoms with van der Waals surface area (Å²) in [6.45, 7) is 1.63. The Morgan fingerprint density at radius 2 is 1.94 bits per heavy atom. The predicted molar refractivity (Wildman–Crippen MR) is 68.5 cm³/mol. The van der Waals surface area contributed by atoms with Gasteiger partial charge < -0.3 is 5.11 Å². The fraction of sp³-hybridized carbons (Fsp3) is 0.500. The van der Waals surface area contributed by atoms with Crippen molar-refractivity contribution < 1.29 is 14.3 Å². The minimum absolute atomic E-state index is 0.177. The SMILES string of the molecule is Cc1ccc(Cl)c(C2(C(=O)O)CCCCC2)c1F. The summed E-state index contributed by atoms with van der Waals surface area (Å²) in [6.07, 6.45) is 3.52. The fourth-order valence-electron chi connectivity index (χ4n) is 2.82. The molecule has 1 aromatic rings. The summed E-state index contributed by atoms with van der Waals surface area (Å²) in [6, 6.07) is 3.17. The summed E-state index contributed by atoms with van der Waals surface area (Å²) < 4.78 is 14.3. The van der Waals surface area contributed by atoms with Crippen LogP contribution in [0.1, 0.15) is 43.2 Å². The number of aliphatic carboxylic acids is 1. The van der Waals surface area contributed by atoms with E-state index >= 15 is 0 Å². The van der Waals surface area contributed by atoms with Gasteiger partial charge in [0.15, 0.2) is 0 Å². The van der Waals surface area contributed by atoms with E-state index in [0.29, 0.717) is 18.4 Å². The number of hydrogen-bond acceptors (Lipinski definition) is 1. The van der Waals surface area contributed by atoms with Crippen molar-refractivity contribution in [3.63, 3.8) is 0 Å². The molecule has 0 aromatic heterocycles. The minimum atomic E-state index is -1.15. The van der Waals surface area contributed by atoms with Crippen molar-refractivity contribution in [2.45, 2.75) is 44.4 Å². The molecule has 0 unspecified atom stereocenters. The van der Waals surface area contributed by atoms with Crippen molar-refractivity contribution in [2.24, 2.45) is 0 Å². The molecule has 2 rings (SSSR count). The lowest BCUT2D eigenvalue weighted by molar-refractivity contribution is -0.145. The van der Waals surface area contributed by atoms with E-state index in [0.717, 1.165) is 19.3 Å². The van der Waals surface area contributed by atoms with Crippen molar-refractivity contribution in [3.05, 3.63) is 34.1 Å².